The van der Waals surface area contributed by atoms with E-state index in [1.165, 1.54) is 12.4 Å². The lowest BCUT2D eigenvalue weighted by Crippen LogP contribution is -2.51. The molecule has 0 saturated carbocycles. The molecule has 188 valence electrons. The number of rotatable bonds is 10. The molecule has 2 atom stereocenters. The Morgan fingerprint density at radius 2 is 1.47 bits per heavy atom. The van der Waals surface area contributed by atoms with Crippen LogP contribution < -0.4 is 21.4 Å². The monoisotopic (exact) mass is 510 g/mol. The Balaban J connectivity index is 1.52. The Labute approximate surface area is 213 Å². The van der Waals surface area contributed by atoms with Crippen molar-refractivity contribution >= 4 is 35.0 Å². The van der Waals surface area contributed by atoms with E-state index in [9.17, 15) is 19.5 Å². The van der Waals surface area contributed by atoms with Crippen molar-refractivity contribution in [2.75, 3.05) is 11.9 Å². The van der Waals surface area contributed by atoms with Gasteiger partial charge in [-0.1, -0.05) is 48.0 Å². The van der Waals surface area contributed by atoms with E-state index in [4.69, 9.17) is 16.8 Å². The Bertz CT molecular complexity index is 1180. The minimum atomic E-state index is -1.29. The molecule has 0 aliphatic heterocycles. The second-order valence-electron chi connectivity index (χ2n) is 8.10. The minimum absolute atomic E-state index is 0.157. The number of hydrogen-bond donors (Lipinski definition) is 6. The molecule has 6 N–H and O–H groups in total. The van der Waals surface area contributed by atoms with Crippen LogP contribution in [0.3, 0.4) is 0 Å². The zero-order valence-electron chi connectivity index (χ0n) is 19.5. The fraction of sp³-hybridized carbons (Fsp3) is 0.192. The maximum atomic E-state index is 12.4. The third-order valence-electron chi connectivity index (χ3n) is 5.34. The van der Waals surface area contributed by atoms with Crippen molar-refractivity contribution in [2.45, 2.75) is 25.6 Å². The van der Waals surface area contributed by atoms with Gasteiger partial charge in [0.2, 0.25) is 5.91 Å². The topological polar surface area (TPSA) is 140 Å². The number of carbonyl (C=O) groups excluding carboxylic acids is 3. The van der Waals surface area contributed by atoms with Crippen LogP contribution in [0.15, 0.2) is 72.8 Å². The second kappa shape index (κ2) is 12.8. The number of amides is 3. The van der Waals surface area contributed by atoms with E-state index in [1.807, 2.05) is 24.3 Å². The molecule has 0 saturated heterocycles. The first-order valence-corrected chi connectivity index (χ1v) is 11.5. The normalized spacial score (nSPS) is 12.3. The molecule has 0 aromatic heterocycles. The first kappa shape index (κ1) is 26.8. The van der Waals surface area contributed by atoms with Crippen LogP contribution in [0.25, 0.3) is 11.1 Å². The predicted octanol–water partition coefficient (Wildman–Crippen LogP) is 2.72. The fourth-order valence-electron chi connectivity index (χ4n) is 3.39. The summed E-state index contributed by atoms with van der Waals surface area (Å²) in [5.41, 5.74) is 5.10. The standard InChI is InChI=1S/C26H27ClN4O5/c1-16(32)24(26(35)31-36)30-25(34)20-6-4-18(5-7-20)19-8-12-22(13-9-19)29-23(33)15-28-14-17-2-10-21(27)11-3-17/h2-13,16,24,28,32,36H,14-15H2,1H3,(H,29,33)(H,30,34)(H,31,35)/t16-,24+/m1/s1. The Morgan fingerprint density at radius 3 is 2.03 bits per heavy atom. The van der Waals surface area contributed by atoms with Gasteiger partial charge >= 0.3 is 0 Å². The molecule has 0 spiro atoms. The maximum absolute atomic E-state index is 12.4. The van der Waals surface area contributed by atoms with Gasteiger partial charge in [-0.15, -0.1) is 0 Å². The van der Waals surface area contributed by atoms with E-state index in [2.05, 4.69) is 16.0 Å². The molecular formula is C26H27ClN4O5. The molecule has 0 unspecified atom stereocenters. The van der Waals surface area contributed by atoms with Crippen LogP contribution in [0.5, 0.6) is 0 Å². The molecule has 0 heterocycles. The molecule has 3 aromatic carbocycles. The van der Waals surface area contributed by atoms with Crippen molar-refractivity contribution in [3.05, 3.63) is 88.9 Å². The number of hydrogen-bond acceptors (Lipinski definition) is 6. The molecule has 0 bridgehead atoms. The quantitative estimate of drug-likeness (QED) is 0.183. The molecule has 10 heteroatoms. The predicted molar refractivity (Wildman–Crippen MR) is 137 cm³/mol. The molecule has 9 nitrogen and oxygen atoms in total. The summed E-state index contributed by atoms with van der Waals surface area (Å²) >= 11 is 5.87. The highest BCUT2D eigenvalue weighted by molar-refractivity contribution is 6.30. The molecular weight excluding hydrogens is 484 g/mol. The van der Waals surface area contributed by atoms with Gasteiger partial charge in [-0.3, -0.25) is 19.6 Å². The van der Waals surface area contributed by atoms with Gasteiger partial charge in [-0.25, -0.2) is 5.48 Å². The number of benzene rings is 3. The van der Waals surface area contributed by atoms with E-state index in [0.29, 0.717) is 17.3 Å². The van der Waals surface area contributed by atoms with Gasteiger partial charge in [0.25, 0.3) is 11.8 Å². The Hall–Kier alpha value is -3.76. The van der Waals surface area contributed by atoms with Gasteiger partial charge in [-0.2, -0.15) is 0 Å². The van der Waals surface area contributed by atoms with Gasteiger partial charge in [0.05, 0.1) is 12.6 Å². The number of carbonyl (C=O) groups is 3. The smallest absolute Gasteiger partial charge is 0.268 e. The first-order valence-electron chi connectivity index (χ1n) is 11.1. The number of anilines is 1. The highest BCUT2D eigenvalue weighted by atomic mass is 35.5. The van der Waals surface area contributed by atoms with E-state index in [-0.39, 0.29) is 18.0 Å². The third kappa shape index (κ3) is 7.62. The van der Waals surface area contributed by atoms with Crippen LogP contribution in [-0.4, -0.2) is 46.7 Å². The zero-order chi connectivity index (χ0) is 26.1. The fourth-order valence-corrected chi connectivity index (χ4v) is 3.51. The van der Waals surface area contributed by atoms with Crippen molar-refractivity contribution in [1.29, 1.82) is 0 Å². The van der Waals surface area contributed by atoms with Crippen molar-refractivity contribution in [3.8, 4) is 11.1 Å². The summed E-state index contributed by atoms with van der Waals surface area (Å²) in [7, 11) is 0. The lowest BCUT2D eigenvalue weighted by atomic mass is 10.0. The Kier molecular flexibility index (Phi) is 9.54. The summed E-state index contributed by atoms with van der Waals surface area (Å²) in [6.07, 6.45) is -1.20. The van der Waals surface area contributed by atoms with Crippen LogP contribution in [0.2, 0.25) is 5.02 Å². The van der Waals surface area contributed by atoms with Crippen molar-refractivity contribution in [1.82, 2.24) is 16.1 Å². The molecule has 3 rings (SSSR count). The first-order chi connectivity index (χ1) is 17.3. The van der Waals surface area contributed by atoms with E-state index in [1.54, 1.807) is 48.5 Å². The number of aliphatic hydroxyl groups is 1. The van der Waals surface area contributed by atoms with Gasteiger partial charge in [0.1, 0.15) is 6.04 Å². The molecule has 0 fully saturated rings. The molecule has 0 aliphatic carbocycles. The Morgan fingerprint density at radius 1 is 0.889 bits per heavy atom. The summed E-state index contributed by atoms with van der Waals surface area (Å²) in [6, 6.07) is 20.0. The molecule has 3 amide bonds. The summed E-state index contributed by atoms with van der Waals surface area (Å²) in [6.45, 7) is 2.03. The van der Waals surface area contributed by atoms with Crippen molar-refractivity contribution < 1.29 is 24.7 Å². The van der Waals surface area contributed by atoms with Crippen LogP contribution in [0, 0.1) is 0 Å². The van der Waals surface area contributed by atoms with E-state index in [0.717, 1.165) is 16.7 Å². The maximum Gasteiger partial charge on any atom is 0.268 e. The molecule has 3 aromatic rings. The summed E-state index contributed by atoms with van der Waals surface area (Å²) < 4.78 is 0. The molecule has 0 radical (unpaired) electrons. The lowest BCUT2D eigenvalue weighted by molar-refractivity contribution is -0.133. The van der Waals surface area contributed by atoms with E-state index >= 15 is 0 Å². The molecule has 36 heavy (non-hydrogen) atoms. The summed E-state index contributed by atoms with van der Waals surface area (Å²) in [4.78, 5) is 36.2. The minimum Gasteiger partial charge on any atom is -0.391 e. The number of halogens is 1. The number of hydroxylamine groups is 1. The van der Waals surface area contributed by atoms with Crippen LogP contribution >= 0.6 is 11.6 Å². The zero-order valence-corrected chi connectivity index (χ0v) is 20.3. The number of nitrogens with one attached hydrogen (secondary N) is 4. The van der Waals surface area contributed by atoms with Gasteiger partial charge in [0, 0.05) is 22.8 Å². The van der Waals surface area contributed by atoms with Crippen LogP contribution in [0.4, 0.5) is 5.69 Å². The van der Waals surface area contributed by atoms with Gasteiger partial charge < -0.3 is 21.1 Å². The summed E-state index contributed by atoms with van der Waals surface area (Å²) in [5.74, 6) is -1.66. The van der Waals surface area contributed by atoms with Crippen LogP contribution in [0.1, 0.15) is 22.8 Å². The average molecular weight is 511 g/mol. The highest BCUT2D eigenvalue weighted by Gasteiger charge is 2.25. The largest absolute Gasteiger partial charge is 0.391 e. The average Bonchev–Trinajstić information content (AvgIpc) is 2.88. The third-order valence-corrected chi connectivity index (χ3v) is 5.59. The van der Waals surface area contributed by atoms with E-state index < -0.39 is 24.0 Å². The SMILES string of the molecule is C[C@@H](O)[C@H](NC(=O)c1ccc(-c2ccc(NC(=O)CNCc3ccc(Cl)cc3)cc2)cc1)C(=O)NO. The number of aliphatic hydroxyl groups excluding tert-OH is 1. The molecule has 0 aliphatic rings. The van der Waals surface area contributed by atoms with Crippen molar-refractivity contribution in [2.24, 2.45) is 0 Å². The highest BCUT2D eigenvalue weighted by Crippen LogP contribution is 2.22. The van der Waals surface area contributed by atoms with Gasteiger partial charge in [-0.05, 0) is 60.0 Å². The second-order valence-corrected chi connectivity index (χ2v) is 8.54. The van der Waals surface area contributed by atoms with Crippen LogP contribution in [-0.2, 0) is 16.1 Å². The lowest BCUT2D eigenvalue weighted by Gasteiger charge is -2.19. The summed E-state index contributed by atoms with van der Waals surface area (Å²) in [5, 5.41) is 27.4. The van der Waals surface area contributed by atoms with Crippen molar-refractivity contribution in [3.63, 3.8) is 0 Å². The van der Waals surface area contributed by atoms with Gasteiger partial charge in [0.15, 0.2) is 0 Å².